The number of nitrogens with zero attached hydrogens (tertiary/aromatic N) is 2. The highest BCUT2D eigenvalue weighted by atomic mass is 32.2. The van der Waals surface area contributed by atoms with Gasteiger partial charge in [0.1, 0.15) is 6.10 Å². The number of phosphoric ester groups is 1. The molecule has 1 saturated carbocycles. The van der Waals surface area contributed by atoms with Crippen LogP contribution < -0.4 is 9.47 Å². The largest absolute Gasteiger partial charge is 0.469 e. The molecule has 0 radical (unpaired) electrons. The lowest BCUT2D eigenvalue weighted by Crippen LogP contribution is -2.63. The van der Waals surface area contributed by atoms with Gasteiger partial charge in [0.05, 0.1) is 30.3 Å². The summed E-state index contributed by atoms with van der Waals surface area (Å²) in [5.74, 6) is 0.0210. The van der Waals surface area contributed by atoms with Crippen LogP contribution in [0.1, 0.15) is 44.1 Å². The molecule has 0 spiro atoms. The van der Waals surface area contributed by atoms with Crippen molar-refractivity contribution >= 4 is 23.9 Å². The van der Waals surface area contributed by atoms with Crippen molar-refractivity contribution in [1.29, 1.82) is 0 Å². The van der Waals surface area contributed by atoms with E-state index < -0.39 is 60.6 Å². The zero-order chi connectivity index (χ0) is 32.5. The summed E-state index contributed by atoms with van der Waals surface area (Å²) in [6.45, 7) is 0.0550. The maximum atomic E-state index is 14.7. The molecule has 3 fully saturated rings. The van der Waals surface area contributed by atoms with Gasteiger partial charge in [0.2, 0.25) is 6.79 Å². The predicted octanol–water partition coefficient (Wildman–Crippen LogP) is 3.46. The first kappa shape index (κ1) is 33.1. The number of phosphoric acid groups is 1. The van der Waals surface area contributed by atoms with Crippen LogP contribution in [0.15, 0.2) is 53.4 Å². The molecule has 4 aliphatic rings. The van der Waals surface area contributed by atoms with Gasteiger partial charge in [0.15, 0.2) is 24.0 Å². The van der Waals surface area contributed by atoms with Crippen LogP contribution in [0.5, 0.6) is 11.5 Å². The van der Waals surface area contributed by atoms with Crippen LogP contribution >= 0.6 is 7.82 Å². The average Bonchev–Trinajstić information content (AvgIpc) is 3.83. The van der Waals surface area contributed by atoms with Crippen LogP contribution in [0.4, 0.5) is 4.79 Å². The highest BCUT2D eigenvalue weighted by Gasteiger charge is 2.54. The van der Waals surface area contributed by atoms with Gasteiger partial charge >= 0.3 is 13.9 Å². The van der Waals surface area contributed by atoms with Gasteiger partial charge in [-0.1, -0.05) is 47.6 Å². The Morgan fingerprint density at radius 2 is 1.76 bits per heavy atom. The number of hydrogen-bond donors (Lipinski definition) is 3. The quantitative estimate of drug-likeness (QED) is 0.158. The second-order valence-electron chi connectivity index (χ2n) is 11.6. The van der Waals surface area contributed by atoms with E-state index in [1.807, 2.05) is 0 Å². The van der Waals surface area contributed by atoms with E-state index in [4.69, 9.17) is 28.3 Å². The fraction of sp³-hybridized carbons (Fsp3) is 0.552. The molecule has 1 amide bonds. The molecule has 3 N–H and O–H groups in total. The zero-order valence-electron chi connectivity index (χ0n) is 24.8. The number of hydroxylamine groups is 1. The Morgan fingerprint density at radius 3 is 2.48 bits per heavy atom. The number of carbonyl (C=O) groups is 1. The maximum absolute atomic E-state index is 14.7. The minimum absolute atomic E-state index is 0.111. The van der Waals surface area contributed by atoms with Gasteiger partial charge in [-0.05, 0) is 49.8 Å². The van der Waals surface area contributed by atoms with Gasteiger partial charge in [-0.2, -0.15) is 0 Å². The minimum atomic E-state index is -5.32. The Hall–Kier alpha value is -2.79. The van der Waals surface area contributed by atoms with Crippen molar-refractivity contribution in [3.8, 4) is 11.5 Å². The molecule has 3 aliphatic heterocycles. The van der Waals surface area contributed by atoms with Crippen molar-refractivity contribution in [3.05, 3.63) is 54.1 Å². The van der Waals surface area contributed by atoms with Crippen molar-refractivity contribution in [2.45, 2.75) is 80.5 Å². The molecular weight excluding hydrogens is 647 g/mol. The van der Waals surface area contributed by atoms with E-state index in [0.717, 1.165) is 23.3 Å². The molecule has 2 unspecified atom stereocenters. The average molecular weight is 685 g/mol. The third kappa shape index (κ3) is 7.20. The highest BCUT2D eigenvalue weighted by molar-refractivity contribution is 7.89. The van der Waals surface area contributed by atoms with Crippen LogP contribution in [0.3, 0.4) is 0 Å². The van der Waals surface area contributed by atoms with E-state index in [0.29, 0.717) is 36.1 Å². The van der Waals surface area contributed by atoms with Crippen LogP contribution in [-0.4, -0.2) is 89.5 Å². The lowest BCUT2D eigenvalue weighted by Gasteiger charge is -2.44. The summed E-state index contributed by atoms with van der Waals surface area (Å²) in [5.41, 5.74) is 0.762. The third-order valence-corrected chi connectivity index (χ3v) is 10.9. The monoisotopic (exact) mass is 684 g/mol. The first-order valence-electron chi connectivity index (χ1n) is 15.1. The summed E-state index contributed by atoms with van der Waals surface area (Å²) < 4.78 is 69.8. The van der Waals surface area contributed by atoms with Crippen LogP contribution in [0.2, 0.25) is 0 Å². The van der Waals surface area contributed by atoms with Gasteiger partial charge in [0.25, 0.3) is 10.0 Å². The van der Waals surface area contributed by atoms with Gasteiger partial charge in [-0.3, -0.25) is 14.3 Å². The van der Waals surface area contributed by atoms with Crippen molar-refractivity contribution in [3.63, 3.8) is 0 Å². The molecule has 15 nitrogen and oxygen atoms in total. The fourth-order valence-electron chi connectivity index (χ4n) is 6.53. The summed E-state index contributed by atoms with van der Waals surface area (Å²) in [6.07, 6.45) is -3.55. The molecule has 2 saturated heterocycles. The minimum Gasteiger partial charge on any atom is -0.465 e. The van der Waals surface area contributed by atoms with E-state index in [1.54, 1.807) is 30.3 Å². The summed E-state index contributed by atoms with van der Waals surface area (Å²) >= 11 is 0. The molecule has 0 aromatic heterocycles. The molecule has 5 atom stereocenters. The smallest absolute Gasteiger partial charge is 0.465 e. The van der Waals surface area contributed by atoms with E-state index in [2.05, 4.69) is 0 Å². The number of sulfonamides is 1. The number of carboxylic acid groups (broad SMARTS) is 1. The second kappa shape index (κ2) is 13.7. The highest BCUT2D eigenvalue weighted by Crippen LogP contribution is 2.44. The van der Waals surface area contributed by atoms with Crippen LogP contribution in [0, 0.1) is 5.92 Å². The molecule has 46 heavy (non-hydrogen) atoms. The number of benzene rings is 2. The van der Waals surface area contributed by atoms with E-state index >= 15 is 0 Å². The second-order valence-corrected chi connectivity index (χ2v) is 14.6. The van der Waals surface area contributed by atoms with Crippen molar-refractivity contribution < 1.29 is 61.0 Å². The molecule has 0 bridgehead atoms. The number of amides is 1. The maximum Gasteiger partial charge on any atom is 0.469 e. The lowest BCUT2D eigenvalue weighted by atomic mass is 9.97. The van der Waals surface area contributed by atoms with Crippen molar-refractivity contribution in [2.24, 2.45) is 5.92 Å². The van der Waals surface area contributed by atoms with Gasteiger partial charge in [-0.15, -0.1) is 0 Å². The summed E-state index contributed by atoms with van der Waals surface area (Å²) in [4.78, 5) is 40.3. The molecule has 1 aliphatic carbocycles. The van der Waals surface area contributed by atoms with E-state index in [9.17, 15) is 32.7 Å². The van der Waals surface area contributed by atoms with Crippen molar-refractivity contribution in [2.75, 3.05) is 20.0 Å². The van der Waals surface area contributed by atoms with Crippen molar-refractivity contribution in [1.82, 2.24) is 9.37 Å². The molecule has 2 aromatic rings. The Kier molecular flexibility index (Phi) is 9.90. The molecule has 252 valence electrons. The molecular formula is C29H37N2O13PS. The first-order valence-corrected chi connectivity index (χ1v) is 18.1. The van der Waals surface area contributed by atoms with Gasteiger partial charge < -0.3 is 33.8 Å². The number of ether oxygens (including phenoxy) is 4. The van der Waals surface area contributed by atoms with Crippen LogP contribution in [-0.2, 0) is 39.8 Å². The summed E-state index contributed by atoms with van der Waals surface area (Å²) in [7, 11) is -10.1. The zero-order valence-corrected chi connectivity index (χ0v) is 26.5. The third-order valence-electron chi connectivity index (χ3n) is 8.69. The normalized spacial score (nSPS) is 24.3. The Bertz CT molecular complexity index is 1530. The predicted molar refractivity (Wildman–Crippen MR) is 158 cm³/mol. The SMILES string of the molecule is O=C(O)N(C(C(CCc1ccccc1)OP(=O)(O)O)N(OC1CCCC1)S(=O)(=O)c1ccc2c(c1)OCO2)[C@H]1CO[C@H]2OCC[C@H]21. The Labute approximate surface area is 266 Å². The summed E-state index contributed by atoms with van der Waals surface area (Å²) in [5, 5.41) is 10.8. The molecule has 17 heteroatoms. The number of rotatable bonds is 13. The first-order chi connectivity index (χ1) is 22.0. The lowest BCUT2D eigenvalue weighted by molar-refractivity contribution is -0.206. The summed E-state index contributed by atoms with van der Waals surface area (Å²) in [6, 6.07) is 11.9. The van der Waals surface area contributed by atoms with Gasteiger partial charge in [-0.25, -0.2) is 17.8 Å². The topological polar surface area (TPSA) is 191 Å². The molecule has 6 rings (SSSR count). The molecule has 3 heterocycles. The van der Waals surface area contributed by atoms with Gasteiger partial charge in [0, 0.05) is 12.0 Å². The molecule has 2 aromatic carbocycles. The Balaban J connectivity index is 1.49. The number of hydrogen-bond acceptors (Lipinski definition) is 10. The standard InChI is InChI=1S/C29H37N2O13PS/c32-29(33)30(23-17-40-28-22(23)14-15-39-28)27(25(44-45(34,35)36)12-10-19-6-2-1-3-7-19)31(43-20-8-4-5-9-20)46(37,38)21-11-13-24-26(16-21)42-18-41-24/h1-3,6-7,11,13,16,20,22-23,25,27-28H,4-5,8-10,12,14-15,17-18H2,(H,32,33)(H2,34,35,36)/t22-,23-,25?,27?,28+/m0/s1. The number of aryl methyl sites for hydroxylation is 1. The Morgan fingerprint density at radius 1 is 1.02 bits per heavy atom. The van der Waals surface area contributed by atoms with E-state index in [1.165, 1.54) is 18.2 Å². The van der Waals surface area contributed by atoms with E-state index in [-0.39, 0.29) is 36.9 Å². The van der Waals surface area contributed by atoms with Crippen LogP contribution in [0.25, 0.3) is 0 Å². The number of fused-ring (bicyclic) bond motifs is 2. The fourth-order valence-corrected chi connectivity index (χ4v) is 8.55.